The molecule has 6 aromatic rings. The van der Waals surface area contributed by atoms with Crippen LogP contribution in [0, 0.1) is 0 Å². The predicted octanol–water partition coefficient (Wildman–Crippen LogP) is 17.5. The van der Waals surface area contributed by atoms with E-state index in [0.717, 1.165) is 36.5 Å². The van der Waals surface area contributed by atoms with Crippen LogP contribution in [0.1, 0.15) is 74.9 Å². The molecule has 0 amide bonds. The summed E-state index contributed by atoms with van der Waals surface area (Å²) in [6.07, 6.45) is 15.2. The molecule has 0 fully saturated rings. The minimum absolute atomic E-state index is 0.0234. The molecule has 6 aromatic carbocycles. The minimum atomic E-state index is -4.87. The van der Waals surface area contributed by atoms with E-state index >= 15 is 0 Å². The Morgan fingerprint density at radius 3 is 0.781 bits per heavy atom. The van der Waals surface area contributed by atoms with Crippen LogP contribution in [-0.4, -0.2) is 35.8 Å². The number of esters is 6. The Bertz CT molecular complexity index is 4040. The zero-order valence-electron chi connectivity index (χ0n) is 53.2. The number of nitrogens with one attached hydrogen (secondary N) is 2. The molecule has 1 aliphatic heterocycles. The average molecular weight is 1360 g/mol. The molecular formula is C72H68N3O18P3+2. The molecule has 492 valence electrons. The van der Waals surface area contributed by atoms with Crippen molar-refractivity contribution in [2.45, 2.75) is 41.5 Å². The van der Waals surface area contributed by atoms with Gasteiger partial charge in [-0.2, -0.15) is 0 Å². The van der Waals surface area contributed by atoms with Crippen molar-refractivity contribution in [3.05, 3.63) is 289 Å². The summed E-state index contributed by atoms with van der Waals surface area (Å²) >= 11 is 0. The third kappa shape index (κ3) is 20.9. The van der Waals surface area contributed by atoms with Crippen LogP contribution in [0.3, 0.4) is 0 Å². The van der Waals surface area contributed by atoms with Crippen molar-refractivity contribution in [1.82, 2.24) is 9.72 Å². The van der Waals surface area contributed by atoms with Gasteiger partial charge in [-0.3, -0.25) is 18.1 Å². The summed E-state index contributed by atoms with van der Waals surface area (Å²) in [6, 6.07) is 39.8. The number of nitrogens with zero attached hydrogens (tertiary/aromatic N) is 1. The second kappa shape index (κ2) is 34.1. The Kier molecular flexibility index (Phi) is 25.7. The minimum Gasteiger partial charge on any atom is -0.428 e. The Morgan fingerprint density at radius 2 is 0.542 bits per heavy atom. The summed E-state index contributed by atoms with van der Waals surface area (Å²) in [4.78, 5) is 83.3. The zero-order valence-corrected chi connectivity index (χ0v) is 55.8. The van der Waals surface area contributed by atoms with Crippen LogP contribution in [0.15, 0.2) is 261 Å². The fourth-order valence-electron chi connectivity index (χ4n) is 8.44. The van der Waals surface area contributed by atoms with Crippen molar-refractivity contribution in [3.8, 4) is 34.5 Å². The van der Waals surface area contributed by atoms with E-state index in [-0.39, 0.29) is 69.1 Å². The van der Waals surface area contributed by atoms with E-state index in [1.54, 1.807) is 187 Å². The number of carbonyl (C=O) groups is 6. The molecule has 21 nitrogen and oxygen atoms in total. The summed E-state index contributed by atoms with van der Waals surface area (Å²) < 4.78 is 84.0. The van der Waals surface area contributed by atoms with Crippen LogP contribution in [0.25, 0.3) is 36.5 Å². The molecule has 24 heteroatoms. The topological polar surface area (TPSA) is 250 Å². The lowest BCUT2D eigenvalue weighted by atomic mass is 10.2. The first-order valence-electron chi connectivity index (χ1n) is 28.9. The third-order valence-electron chi connectivity index (χ3n) is 12.3. The fraction of sp³-hybridized carbons (Fsp3) is 0.0833. The molecule has 0 bridgehead atoms. The zero-order chi connectivity index (χ0) is 69.4. The highest BCUT2D eigenvalue weighted by Crippen LogP contribution is 2.80. The first-order valence-corrected chi connectivity index (χ1v) is 33.7. The van der Waals surface area contributed by atoms with Gasteiger partial charge in [-0.1, -0.05) is 149 Å². The van der Waals surface area contributed by atoms with Gasteiger partial charge >= 0.3 is 59.5 Å². The molecule has 0 aromatic heterocycles. The van der Waals surface area contributed by atoms with E-state index in [1.165, 1.54) is 36.5 Å². The largest absolute Gasteiger partial charge is 0.617 e. The van der Waals surface area contributed by atoms with Crippen molar-refractivity contribution in [1.29, 1.82) is 0 Å². The van der Waals surface area contributed by atoms with E-state index in [1.807, 2.05) is 0 Å². The first-order chi connectivity index (χ1) is 46.0. The Labute approximate surface area is 557 Å². The van der Waals surface area contributed by atoms with E-state index in [4.69, 9.17) is 60.1 Å². The standard InChI is InChI=1S/C72H68N3O18P3/c1-13-67(76)82-49(7)43-55-31-19-25-37-61(55)88-94(89-62-38-26-20-32-56(62)44-50(8)83-68(77)14-2)73-95(90-63-39-27-21-33-57(63)45-51(9)84-69(78)15-3,91-64-40-28-22-34-58(64)46-52(10)85-70(79)16-4)75-96(74-94,92-65-41-29-23-35-59(65)47-53(11)86-71(80)17-5)93-66-42-30-24-36-60(66)48-54(12)87-72(81)18-6/h13-48,73-74H,1-6H2,7-12H3/q+2. The highest BCUT2D eigenvalue weighted by molar-refractivity contribution is 7.89. The van der Waals surface area contributed by atoms with E-state index in [0.29, 0.717) is 33.4 Å². The molecule has 0 aliphatic carbocycles. The third-order valence-corrected chi connectivity index (χ3v) is 21.0. The van der Waals surface area contributed by atoms with Gasteiger partial charge in [-0.05, 0) is 114 Å². The second-order valence-corrected chi connectivity index (χ2v) is 26.5. The lowest BCUT2D eigenvalue weighted by molar-refractivity contribution is -0.134. The van der Waals surface area contributed by atoms with Crippen molar-refractivity contribution in [2.75, 3.05) is 0 Å². The van der Waals surface area contributed by atoms with Crippen LogP contribution in [0.4, 0.5) is 0 Å². The van der Waals surface area contributed by atoms with Gasteiger partial charge in [0, 0.05) is 74.7 Å². The monoisotopic (exact) mass is 1360 g/mol. The second-order valence-electron chi connectivity index (χ2n) is 19.9. The van der Waals surface area contributed by atoms with Gasteiger partial charge in [0.15, 0.2) is 23.0 Å². The summed E-state index contributed by atoms with van der Waals surface area (Å²) in [5.41, 5.74) is 1.78. The summed E-state index contributed by atoms with van der Waals surface area (Å²) in [6.45, 7) is 30.6. The van der Waals surface area contributed by atoms with Crippen molar-refractivity contribution >= 4 is 96.0 Å². The molecule has 0 radical (unpaired) electrons. The number of rotatable bonds is 30. The maximum atomic E-state index is 12.7. The van der Waals surface area contributed by atoms with Gasteiger partial charge in [-0.15, -0.1) is 0 Å². The van der Waals surface area contributed by atoms with E-state index < -0.39 is 59.5 Å². The number of hydrogen-bond acceptors (Lipinski definition) is 21. The molecular weight excluding hydrogens is 1290 g/mol. The maximum absolute atomic E-state index is 12.7. The number of ether oxygens (including phenoxy) is 6. The maximum Gasteiger partial charge on any atom is 0.617 e. The lowest BCUT2D eigenvalue weighted by Crippen LogP contribution is -2.41. The van der Waals surface area contributed by atoms with Gasteiger partial charge in [0.2, 0.25) is 0 Å². The summed E-state index contributed by atoms with van der Waals surface area (Å²) in [5.74, 6) is -3.68. The number of hydrogen-bond donors (Lipinski definition) is 2. The molecule has 7 rings (SSSR count). The van der Waals surface area contributed by atoms with Gasteiger partial charge in [0.05, 0.1) is 4.52 Å². The molecule has 1 heterocycles. The normalized spacial score (nSPS) is 17.2. The van der Waals surface area contributed by atoms with Gasteiger partial charge < -0.3 is 37.5 Å². The smallest absolute Gasteiger partial charge is 0.428 e. The number of allylic oxidation sites excluding steroid dienone is 6. The van der Waals surface area contributed by atoms with E-state index in [2.05, 4.69) is 49.2 Å². The number of carbonyl (C=O) groups excluding carboxylic acids is 6. The molecule has 0 unspecified atom stereocenters. The Hall–Kier alpha value is -11.2. The van der Waals surface area contributed by atoms with Crippen LogP contribution < -0.4 is 36.9 Å². The fourth-order valence-corrected chi connectivity index (χ4v) is 18.6. The summed E-state index contributed by atoms with van der Waals surface area (Å²) in [7, 11) is -14.5. The van der Waals surface area contributed by atoms with Gasteiger partial charge in [0.25, 0.3) is 0 Å². The highest BCUT2D eigenvalue weighted by Gasteiger charge is 2.75. The van der Waals surface area contributed by atoms with Crippen LogP contribution in [0.5, 0.6) is 34.5 Å². The molecule has 0 spiro atoms. The summed E-state index contributed by atoms with van der Waals surface area (Å²) in [5, 5.41) is 0. The first kappa shape index (κ1) is 72.3. The predicted molar refractivity (Wildman–Crippen MR) is 372 cm³/mol. The number of benzene rings is 6. The van der Waals surface area contributed by atoms with Crippen molar-refractivity contribution in [2.24, 2.45) is 4.52 Å². The van der Waals surface area contributed by atoms with Crippen molar-refractivity contribution < 1.29 is 84.3 Å². The molecule has 96 heavy (non-hydrogen) atoms. The SMILES string of the molecule is C=CC(=O)OC(C)=Cc1ccccc1OP1(Oc2ccccc2C=C(C)OC(=O)C=C)=N[P+](Oc2ccccc2C=C(C)OC(=O)C=C)(Oc2ccccc2C=C(C)OC(=O)C=C)N[P+](Oc2ccccc2C=C(C)OC(=O)C=C)(Oc2ccccc2C=C(C)OC(=O)C=C)N1. The molecule has 0 atom stereocenters. The van der Waals surface area contributed by atoms with Gasteiger partial charge in [0.1, 0.15) is 50.9 Å². The van der Waals surface area contributed by atoms with E-state index in [9.17, 15) is 28.8 Å². The Morgan fingerprint density at radius 1 is 0.333 bits per heavy atom. The molecule has 0 saturated heterocycles. The average Bonchev–Trinajstić information content (AvgIpc) is 0.728. The molecule has 0 saturated carbocycles. The number of para-hydroxylation sites is 6. The Balaban J connectivity index is 1.73. The van der Waals surface area contributed by atoms with Gasteiger partial charge in [-0.25, -0.2) is 28.8 Å². The van der Waals surface area contributed by atoms with Crippen LogP contribution in [-0.2, 0) is 57.2 Å². The van der Waals surface area contributed by atoms with Crippen molar-refractivity contribution in [3.63, 3.8) is 0 Å². The lowest BCUT2D eigenvalue weighted by Gasteiger charge is -2.35. The molecule has 2 N–H and O–H groups in total. The van der Waals surface area contributed by atoms with Crippen LogP contribution in [0.2, 0.25) is 0 Å². The quantitative estimate of drug-likeness (QED) is 0.0140. The molecule has 1 aliphatic rings. The highest BCUT2D eigenvalue weighted by atomic mass is 31.3. The van der Waals surface area contributed by atoms with Crippen LogP contribution >= 0.6 is 23.7 Å².